The third-order valence-corrected chi connectivity index (χ3v) is 9.43. The molecule has 0 aliphatic rings. The van der Waals surface area contributed by atoms with Crippen LogP contribution in [-0.4, -0.2) is 0 Å². The number of benzene rings is 8. The van der Waals surface area contributed by atoms with Crippen molar-refractivity contribution in [3.63, 3.8) is 0 Å². The fraction of sp³-hybridized carbons (Fsp3) is 0. The van der Waals surface area contributed by atoms with Crippen molar-refractivity contribution in [1.29, 1.82) is 0 Å². The van der Waals surface area contributed by atoms with Crippen molar-refractivity contribution in [2.45, 2.75) is 0 Å². The van der Waals surface area contributed by atoms with Gasteiger partial charge >= 0.3 is 0 Å². The minimum absolute atomic E-state index is 0.852. The monoisotopic (exact) mass is 601 g/mol. The molecule has 0 spiro atoms. The lowest BCUT2D eigenvalue weighted by Gasteiger charge is -2.28. The molecule has 10 aromatic rings. The summed E-state index contributed by atoms with van der Waals surface area (Å²) in [7, 11) is 0. The zero-order valence-corrected chi connectivity index (χ0v) is 25.4. The first kappa shape index (κ1) is 26.0. The molecule has 0 amide bonds. The van der Waals surface area contributed by atoms with E-state index in [-0.39, 0.29) is 0 Å². The first-order valence-electron chi connectivity index (χ1n) is 15.9. The molecule has 8 aromatic carbocycles. The molecule has 0 saturated heterocycles. The Labute approximate surface area is 270 Å². The van der Waals surface area contributed by atoms with Crippen molar-refractivity contribution in [2.75, 3.05) is 4.90 Å². The maximum absolute atomic E-state index is 6.86. The largest absolute Gasteiger partial charge is 0.455 e. The number of anilines is 3. The highest BCUT2D eigenvalue weighted by Gasteiger charge is 2.25. The number of hydrogen-bond donors (Lipinski definition) is 0. The predicted octanol–water partition coefficient (Wildman–Crippen LogP) is 12.9. The van der Waals surface area contributed by atoms with Crippen LogP contribution in [0.1, 0.15) is 0 Å². The van der Waals surface area contributed by atoms with Gasteiger partial charge in [-0.15, -0.1) is 0 Å². The van der Waals surface area contributed by atoms with Gasteiger partial charge in [0.25, 0.3) is 0 Å². The lowest BCUT2D eigenvalue weighted by molar-refractivity contribution is 0.669. The molecule has 0 saturated carbocycles. The minimum atomic E-state index is 0.852. The van der Waals surface area contributed by atoms with Crippen LogP contribution in [0, 0.1) is 0 Å². The van der Waals surface area contributed by atoms with Crippen LogP contribution < -0.4 is 4.90 Å². The Bertz CT molecular complexity index is 2790. The van der Waals surface area contributed by atoms with Gasteiger partial charge in [0.05, 0.1) is 11.4 Å². The smallest absolute Gasteiger partial charge is 0.159 e. The Balaban J connectivity index is 1.37. The molecule has 0 atom stereocenters. The predicted molar refractivity (Wildman–Crippen MR) is 196 cm³/mol. The lowest BCUT2D eigenvalue weighted by atomic mass is 9.95. The van der Waals surface area contributed by atoms with Crippen LogP contribution in [0.5, 0.6) is 0 Å². The molecular formula is C44H27NO2. The van der Waals surface area contributed by atoms with E-state index in [0.29, 0.717) is 0 Å². The molecule has 0 radical (unpaired) electrons. The van der Waals surface area contributed by atoms with E-state index < -0.39 is 0 Å². The molecule has 220 valence electrons. The Kier molecular flexibility index (Phi) is 5.57. The Morgan fingerprint density at radius 2 is 0.936 bits per heavy atom. The van der Waals surface area contributed by atoms with Gasteiger partial charge in [-0.05, 0) is 58.1 Å². The fourth-order valence-corrected chi connectivity index (χ4v) is 7.37. The number of hydrogen-bond acceptors (Lipinski definition) is 3. The normalized spacial score (nSPS) is 11.8. The molecule has 0 aliphatic heterocycles. The minimum Gasteiger partial charge on any atom is -0.455 e. The summed E-state index contributed by atoms with van der Waals surface area (Å²) in [5, 5.41) is 9.12. The second-order valence-electron chi connectivity index (χ2n) is 12.1. The zero-order valence-electron chi connectivity index (χ0n) is 25.4. The highest BCUT2D eigenvalue weighted by molar-refractivity contribution is 6.30. The Hall–Kier alpha value is -6.32. The molecule has 0 bridgehead atoms. The highest BCUT2D eigenvalue weighted by atomic mass is 16.3. The van der Waals surface area contributed by atoms with Crippen molar-refractivity contribution in [3.8, 4) is 11.1 Å². The van der Waals surface area contributed by atoms with Crippen LogP contribution in [-0.2, 0) is 0 Å². The van der Waals surface area contributed by atoms with Gasteiger partial charge in [0, 0.05) is 38.2 Å². The summed E-state index contributed by atoms with van der Waals surface area (Å²) >= 11 is 0. The average molecular weight is 602 g/mol. The second kappa shape index (κ2) is 10.1. The standard InChI is InChI=1S/C44H27NO2/c1-3-14-28(15-4-1)36-27-41-37(42-33-21-9-7-18-30(33)31-19-8-10-22-34(31)44(42)47-41)26-39(36)45(29-16-5-2-6-17-29)38-24-13-23-35-32-20-11-12-25-40(32)46-43(35)38/h1-27H. The second-order valence-corrected chi connectivity index (χ2v) is 12.1. The molecule has 10 rings (SSSR count). The molecule has 0 fully saturated rings. The molecular weight excluding hydrogens is 574 g/mol. The maximum Gasteiger partial charge on any atom is 0.159 e. The molecule has 0 unspecified atom stereocenters. The van der Waals surface area contributed by atoms with Crippen molar-refractivity contribution < 1.29 is 8.83 Å². The van der Waals surface area contributed by atoms with Gasteiger partial charge in [-0.3, -0.25) is 0 Å². The van der Waals surface area contributed by atoms with E-state index >= 15 is 0 Å². The highest BCUT2D eigenvalue weighted by Crippen LogP contribution is 2.49. The summed E-state index contributed by atoms with van der Waals surface area (Å²) in [6, 6.07) is 57.6. The van der Waals surface area contributed by atoms with Gasteiger partial charge in [-0.25, -0.2) is 0 Å². The van der Waals surface area contributed by atoms with E-state index in [1.165, 1.54) is 16.2 Å². The van der Waals surface area contributed by atoms with Crippen LogP contribution in [0.25, 0.3) is 76.5 Å². The Morgan fingerprint density at radius 3 is 1.72 bits per heavy atom. The van der Waals surface area contributed by atoms with Crippen molar-refractivity contribution in [3.05, 3.63) is 164 Å². The van der Waals surface area contributed by atoms with Gasteiger partial charge in [-0.2, -0.15) is 0 Å². The summed E-state index contributed by atoms with van der Waals surface area (Å²) in [6.45, 7) is 0. The van der Waals surface area contributed by atoms with Crippen molar-refractivity contribution >= 4 is 82.5 Å². The number of rotatable bonds is 4. The molecule has 0 aliphatic carbocycles. The van der Waals surface area contributed by atoms with Crippen LogP contribution in [0.3, 0.4) is 0 Å². The topological polar surface area (TPSA) is 29.5 Å². The van der Waals surface area contributed by atoms with Gasteiger partial charge in [0.1, 0.15) is 16.7 Å². The summed E-state index contributed by atoms with van der Waals surface area (Å²) < 4.78 is 13.5. The molecule has 0 N–H and O–H groups in total. The van der Waals surface area contributed by atoms with Crippen LogP contribution in [0.15, 0.2) is 173 Å². The van der Waals surface area contributed by atoms with Crippen LogP contribution in [0.4, 0.5) is 17.1 Å². The van der Waals surface area contributed by atoms with Gasteiger partial charge in [-0.1, -0.05) is 127 Å². The first-order chi connectivity index (χ1) is 23.3. The van der Waals surface area contributed by atoms with E-state index in [2.05, 4.69) is 157 Å². The number of para-hydroxylation sites is 3. The van der Waals surface area contributed by atoms with Crippen LogP contribution in [0.2, 0.25) is 0 Å². The SMILES string of the molecule is c1ccc(-c2cc3oc4c5ccccc5c5ccccc5c4c3cc2N(c2ccccc2)c2cccc3c2oc2ccccc23)cc1. The van der Waals surface area contributed by atoms with E-state index in [0.717, 1.165) is 77.5 Å². The van der Waals surface area contributed by atoms with E-state index in [9.17, 15) is 0 Å². The first-order valence-corrected chi connectivity index (χ1v) is 15.9. The maximum atomic E-state index is 6.86. The molecule has 3 heteroatoms. The molecule has 3 nitrogen and oxygen atoms in total. The fourth-order valence-electron chi connectivity index (χ4n) is 7.37. The van der Waals surface area contributed by atoms with E-state index in [4.69, 9.17) is 8.83 Å². The number of fused-ring (bicyclic) bond motifs is 11. The van der Waals surface area contributed by atoms with Gasteiger partial charge in [0.2, 0.25) is 0 Å². The number of furan rings is 2. The molecule has 2 heterocycles. The summed E-state index contributed by atoms with van der Waals surface area (Å²) in [6.07, 6.45) is 0. The van der Waals surface area contributed by atoms with Crippen molar-refractivity contribution in [2.24, 2.45) is 0 Å². The lowest BCUT2D eigenvalue weighted by Crippen LogP contribution is -2.11. The van der Waals surface area contributed by atoms with Gasteiger partial charge in [0.15, 0.2) is 5.58 Å². The van der Waals surface area contributed by atoms with Crippen LogP contribution >= 0.6 is 0 Å². The number of nitrogens with zero attached hydrogens (tertiary/aromatic N) is 1. The van der Waals surface area contributed by atoms with Gasteiger partial charge < -0.3 is 13.7 Å². The molecule has 2 aromatic heterocycles. The van der Waals surface area contributed by atoms with Crippen molar-refractivity contribution in [1.82, 2.24) is 0 Å². The third-order valence-electron chi connectivity index (χ3n) is 9.43. The summed E-state index contributed by atoms with van der Waals surface area (Å²) in [4.78, 5) is 2.34. The molecule has 47 heavy (non-hydrogen) atoms. The summed E-state index contributed by atoms with van der Waals surface area (Å²) in [5.41, 5.74) is 8.74. The quantitative estimate of drug-likeness (QED) is 0.188. The zero-order chi connectivity index (χ0) is 30.9. The summed E-state index contributed by atoms with van der Waals surface area (Å²) in [5.74, 6) is 0. The average Bonchev–Trinajstić information content (AvgIpc) is 3.72. The Morgan fingerprint density at radius 1 is 0.362 bits per heavy atom. The van der Waals surface area contributed by atoms with E-state index in [1.807, 2.05) is 12.1 Å². The van der Waals surface area contributed by atoms with E-state index in [1.54, 1.807) is 0 Å². The third kappa shape index (κ3) is 3.87.